The Kier molecular flexibility index (Phi) is 22.7. The van der Waals surface area contributed by atoms with Crippen LogP contribution < -0.4 is 0 Å². The molecule has 3 heteroatoms. The van der Waals surface area contributed by atoms with E-state index in [9.17, 15) is 4.79 Å². The summed E-state index contributed by atoms with van der Waals surface area (Å²) in [6.07, 6.45) is 20.2. The van der Waals surface area contributed by atoms with Crippen LogP contribution in [-0.2, 0) is 4.79 Å². The van der Waals surface area contributed by atoms with Gasteiger partial charge in [-0.3, -0.25) is 4.79 Å². The summed E-state index contributed by atoms with van der Waals surface area (Å²) in [6, 6.07) is 0. The van der Waals surface area contributed by atoms with Crippen LogP contribution in [0.5, 0.6) is 0 Å². The molecule has 0 saturated heterocycles. The molecule has 0 aromatic rings. The molecule has 0 aliphatic rings. The van der Waals surface area contributed by atoms with Gasteiger partial charge in [0.25, 0.3) is 0 Å². The Hall–Kier alpha value is 0.269. The van der Waals surface area contributed by atoms with E-state index in [0.717, 1.165) is 12.8 Å². The van der Waals surface area contributed by atoms with Crippen molar-refractivity contribution in [1.29, 1.82) is 0 Å². The molecule has 2 radical (unpaired) electrons. The number of carbonyl (C=O) groups is 1. The summed E-state index contributed by atoms with van der Waals surface area (Å²) in [5, 5.41) is 8.52. The molecular weight excluding hydrogens is 367 g/mol. The number of carboxylic acids is 1. The van der Waals surface area contributed by atoms with Gasteiger partial charge >= 0.3 is 29.9 Å². The molecule has 0 unspecified atom stereocenters. The Morgan fingerprint density at radius 2 is 0.905 bits per heavy atom. The van der Waals surface area contributed by atoms with Gasteiger partial charge in [0.15, 0.2) is 0 Å². The zero-order valence-electron chi connectivity index (χ0n) is 14.4. The third kappa shape index (κ3) is 22.7. The van der Waals surface area contributed by atoms with Gasteiger partial charge in [-0.1, -0.05) is 96.8 Å². The van der Waals surface area contributed by atoms with Crippen molar-refractivity contribution in [1.82, 2.24) is 0 Å². The zero-order valence-corrected chi connectivity index (χ0v) is 18.4. The zero-order chi connectivity index (χ0) is 14.9. The number of hydrogen-bond donors (Lipinski definition) is 1. The third-order valence-electron chi connectivity index (χ3n) is 3.99. The molecule has 0 saturated carbocycles. The second-order valence-corrected chi connectivity index (χ2v) is 6.09. The van der Waals surface area contributed by atoms with Crippen molar-refractivity contribution in [2.24, 2.45) is 0 Å². The Bertz CT molecular complexity index is 207. The maximum atomic E-state index is 10.3. The number of carboxylic acid groups (broad SMARTS) is 1. The molecule has 0 aliphatic heterocycles. The Morgan fingerprint density at radius 1 is 0.619 bits per heavy atom. The van der Waals surface area contributed by atoms with E-state index in [1.165, 1.54) is 83.5 Å². The predicted molar refractivity (Wildman–Crippen MR) is 95.7 cm³/mol. The second-order valence-electron chi connectivity index (χ2n) is 6.09. The summed E-state index contributed by atoms with van der Waals surface area (Å²) >= 11 is 0. The monoisotopic (exact) mass is 406 g/mol. The SMILES string of the molecule is CCCCCCCCCCCCCCCCCC(=O)O.[SnH2]. The topological polar surface area (TPSA) is 37.3 Å². The van der Waals surface area contributed by atoms with Crippen LogP contribution in [0.2, 0.25) is 0 Å². The summed E-state index contributed by atoms with van der Waals surface area (Å²) < 4.78 is 0. The summed E-state index contributed by atoms with van der Waals surface area (Å²) in [5.74, 6) is -0.653. The van der Waals surface area contributed by atoms with Gasteiger partial charge < -0.3 is 5.11 Å². The summed E-state index contributed by atoms with van der Waals surface area (Å²) in [6.45, 7) is 2.27. The number of rotatable bonds is 16. The van der Waals surface area contributed by atoms with Crippen LogP contribution in [-0.4, -0.2) is 35.0 Å². The molecule has 126 valence electrons. The van der Waals surface area contributed by atoms with Crippen molar-refractivity contribution in [2.75, 3.05) is 0 Å². The van der Waals surface area contributed by atoms with Gasteiger partial charge in [-0.2, -0.15) is 0 Å². The molecule has 2 nitrogen and oxygen atoms in total. The first kappa shape index (κ1) is 23.5. The van der Waals surface area contributed by atoms with Crippen LogP contribution >= 0.6 is 0 Å². The van der Waals surface area contributed by atoms with Gasteiger partial charge in [-0.05, 0) is 6.42 Å². The summed E-state index contributed by atoms with van der Waals surface area (Å²) in [5.41, 5.74) is 0. The van der Waals surface area contributed by atoms with Gasteiger partial charge in [0.05, 0.1) is 0 Å². The van der Waals surface area contributed by atoms with E-state index in [1.54, 1.807) is 0 Å². The van der Waals surface area contributed by atoms with Crippen LogP contribution in [0.15, 0.2) is 0 Å². The number of aliphatic carboxylic acids is 1. The van der Waals surface area contributed by atoms with E-state index in [1.807, 2.05) is 0 Å². The normalized spacial score (nSPS) is 10.3. The molecule has 0 heterocycles. The number of unbranched alkanes of at least 4 members (excludes halogenated alkanes) is 14. The molecule has 0 atom stereocenters. The van der Waals surface area contributed by atoms with E-state index >= 15 is 0 Å². The van der Waals surface area contributed by atoms with E-state index < -0.39 is 5.97 Å². The quantitative estimate of drug-likeness (QED) is 0.275. The van der Waals surface area contributed by atoms with Crippen molar-refractivity contribution >= 4 is 29.9 Å². The first-order valence-electron chi connectivity index (χ1n) is 8.99. The molecule has 21 heavy (non-hydrogen) atoms. The molecule has 0 fully saturated rings. The molecule has 0 bridgehead atoms. The predicted octanol–water partition coefficient (Wildman–Crippen LogP) is 5.42. The molecule has 0 rings (SSSR count). The molecule has 0 amide bonds. The summed E-state index contributed by atoms with van der Waals surface area (Å²) in [4.78, 5) is 10.3. The van der Waals surface area contributed by atoms with Gasteiger partial charge in [-0.15, -0.1) is 0 Å². The van der Waals surface area contributed by atoms with E-state index in [4.69, 9.17) is 5.11 Å². The fourth-order valence-electron chi connectivity index (χ4n) is 2.65. The van der Waals surface area contributed by atoms with Crippen molar-refractivity contribution < 1.29 is 9.90 Å². The third-order valence-corrected chi connectivity index (χ3v) is 3.99. The Balaban J connectivity index is 0. The average molecular weight is 405 g/mol. The average Bonchev–Trinajstić information content (AvgIpc) is 2.43. The van der Waals surface area contributed by atoms with E-state index in [0.29, 0.717) is 6.42 Å². The molecule has 0 aliphatic carbocycles. The fourth-order valence-corrected chi connectivity index (χ4v) is 2.65. The van der Waals surface area contributed by atoms with Gasteiger partial charge in [0.2, 0.25) is 0 Å². The standard InChI is InChI=1S/C18H36O2.Sn.2H/c1-2-3-4-5-6-7-8-9-10-11-12-13-14-15-16-17-18(19)20;;;/h2-17H2,1H3,(H,19,20);;;. The van der Waals surface area contributed by atoms with Crippen LogP contribution in [0.3, 0.4) is 0 Å². The minimum absolute atomic E-state index is 0. The molecule has 1 N–H and O–H groups in total. The maximum absolute atomic E-state index is 10.3. The Labute approximate surface area is 149 Å². The van der Waals surface area contributed by atoms with Crippen LogP contribution in [0.25, 0.3) is 0 Å². The number of hydrogen-bond acceptors (Lipinski definition) is 1. The van der Waals surface area contributed by atoms with Crippen molar-refractivity contribution in [3.8, 4) is 0 Å². The second kappa shape index (κ2) is 20.3. The first-order valence-corrected chi connectivity index (χ1v) is 8.99. The summed E-state index contributed by atoms with van der Waals surface area (Å²) in [7, 11) is 0. The van der Waals surface area contributed by atoms with Crippen molar-refractivity contribution in [3.05, 3.63) is 0 Å². The van der Waals surface area contributed by atoms with E-state index in [-0.39, 0.29) is 23.9 Å². The molecule has 0 spiro atoms. The first-order chi connectivity index (χ1) is 9.77. The van der Waals surface area contributed by atoms with Crippen LogP contribution in [0.1, 0.15) is 110 Å². The molecular formula is C18H38O2Sn. The van der Waals surface area contributed by atoms with Crippen molar-refractivity contribution in [2.45, 2.75) is 110 Å². The van der Waals surface area contributed by atoms with Crippen LogP contribution in [0.4, 0.5) is 0 Å². The van der Waals surface area contributed by atoms with Crippen molar-refractivity contribution in [3.63, 3.8) is 0 Å². The van der Waals surface area contributed by atoms with E-state index in [2.05, 4.69) is 6.92 Å². The van der Waals surface area contributed by atoms with Gasteiger partial charge in [0.1, 0.15) is 0 Å². The van der Waals surface area contributed by atoms with Gasteiger partial charge in [0, 0.05) is 6.42 Å². The van der Waals surface area contributed by atoms with Crippen LogP contribution in [0, 0.1) is 0 Å². The molecule has 0 aromatic carbocycles. The minimum atomic E-state index is -0.653. The fraction of sp³-hybridized carbons (Fsp3) is 0.944. The Morgan fingerprint density at radius 3 is 1.19 bits per heavy atom. The van der Waals surface area contributed by atoms with Gasteiger partial charge in [-0.25, -0.2) is 0 Å². The molecule has 0 aromatic heterocycles.